The standard InChI is InChI=1S/C27H22ClN5O3S/c1-3-35-22-13-18(12-21(28)23(22)36-15-17-7-4-6-16(2)10-17)11-20-24(29)33-27(31-25(20)34)37-26(32-33)19-8-5-9-30-14-19/h4-14,29H,3,15H2,1-2H3/b20-11-,29-24?. The predicted molar refractivity (Wildman–Crippen MR) is 146 cm³/mol. The SMILES string of the molecule is CCOc1cc(/C=C2/C(=N)N3N=C(c4cccnc4)SC3=NC2=O)cc(Cl)c1OCc1cccc(C)c1. The van der Waals surface area contributed by atoms with Crippen LogP contribution in [-0.2, 0) is 11.4 Å². The number of amides is 1. The van der Waals surface area contributed by atoms with Gasteiger partial charge in [-0.15, -0.1) is 0 Å². The van der Waals surface area contributed by atoms with Gasteiger partial charge in [-0.25, -0.2) is 0 Å². The summed E-state index contributed by atoms with van der Waals surface area (Å²) >= 11 is 7.81. The molecule has 1 amide bonds. The fraction of sp³-hybridized carbons (Fsp3) is 0.148. The lowest BCUT2D eigenvalue weighted by Gasteiger charge is -2.20. The summed E-state index contributed by atoms with van der Waals surface area (Å²) in [5.41, 5.74) is 3.59. The molecule has 0 aliphatic carbocycles. The number of halogens is 1. The zero-order valence-corrected chi connectivity index (χ0v) is 21.6. The maximum absolute atomic E-state index is 12.9. The van der Waals surface area contributed by atoms with E-state index in [1.807, 2.05) is 44.2 Å². The Kier molecular flexibility index (Phi) is 7.07. The molecule has 186 valence electrons. The minimum atomic E-state index is -0.528. The summed E-state index contributed by atoms with van der Waals surface area (Å²) in [5, 5.41) is 15.8. The van der Waals surface area contributed by atoms with Gasteiger partial charge in [0, 0.05) is 18.0 Å². The average molecular weight is 532 g/mol. The summed E-state index contributed by atoms with van der Waals surface area (Å²) < 4.78 is 11.8. The Labute approximate surface area is 223 Å². The van der Waals surface area contributed by atoms with Crippen LogP contribution in [0.4, 0.5) is 0 Å². The van der Waals surface area contributed by atoms with Gasteiger partial charge in [0.15, 0.2) is 17.3 Å². The molecule has 37 heavy (non-hydrogen) atoms. The predicted octanol–water partition coefficient (Wildman–Crippen LogP) is 5.69. The largest absolute Gasteiger partial charge is 0.490 e. The molecule has 8 nitrogen and oxygen atoms in total. The molecule has 0 fully saturated rings. The molecular weight excluding hydrogens is 510 g/mol. The maximum Gasteiger partial charge on any atom is 0.283 e. The summed E-state index contributed by atoms with van der Waals surface area (Å²) in [6.45, 7) is 4.61. The highest BCUT2D eigenvalue weighted by Crippen LogP contribution is 2.38. The molecule has 3 aromatic rings. The van der Waals surface area contributed by atoms with Gasteiger partial charge in [0.2, 0.25) is 5.17 Å². The van der Waals surface area contributed by atoms with Crippen molar-refractivity contribution < 1.29 is 14.3 Å². The van der Waals surface area contributed by atoms with Crippen molar-refractivity contribution in [3.63, 3.8) is 0 Å². The van der Waals surface area contributed by atoms with Gasteiger partial charge in [-0.3, -0.25) is 15.2 Å². The van der Waals surface area contributed by atoms with Crippen LogP contribution in [0.5, 0.6) is 11.5 Å². The van der Waals surface area contributed by atoms with Crippen molar-refractivity contribution in [3.8, 4) is 11.5 Å². The zero-order chi connectivity index (χ0) is 25.9. The van der Waals surface area contributed by atoms with Crippen molar-refractivity contribution in [2.45, 2.75) is 20.5 Å². The molecule has 2 aromatic carbocycles. The molecule has 0 bridgehead atoms. The van der Waals surface area contributed by atoms with Crippen molar-refractivity contribution in [2.75, 3.05) is 6.61 Å². The summed E-state index contributed by atoms with van der Waals surface area (Å²) in [6.07, 6.45) is 4.90. The number of aliphatic imine (C=N–C) groups is 1. The molecule has 0 unspecified atom stereocenters. The number of carbonyl (C=O) groups excluding carboxylic acids is 1. The van der Waals surface area contributed by atoms with E-state index in [9.17, 15) is 4.79 Å². The van der Waals surface area contributed by atoms with E-state index in [-0.39, 0.29) is 11.4 Å². The van der Waals surface area contributed by atoms with Crippen LogP contribution in [0.15, 0.2) is 76.6 Å². The summed E-state index contributed by atoms with van der Waals surface area (Å²) in [5.74, 6) is 0.261. The normalized spacial score (nSPS) is 16.0. The number of rotatable bonds is 7. The Morgan fingerprint density at radius 3 is 2.78 bits per heavy atom. The number of aryl methyl sites for hydroxylation is 1. The van der Waals surface area contributed by atoms with E-state index in [0.717, 1.165) is 16.7 Å². The van der Waals surface area contributed by atoms with Crippen molar-refractivity contribution in [2.24, 2.45) is 10.1 Å². The van der Waals surface area contributed by atoms with Gasteiger partial charge in [-0.05, 0) is 67.1 Å². The number of aromatic nitrogens is 1. The molecule has 2 aliphatic rings. The molecule has 0 atom stereocenters. The molecule has 0 saturated carbocycles. The quantitative estimate of drug-likeness (QED) is 0.393. The molecule has 10 heteroatoms. The third kappa shape index (κ3) is 5.28. The molecule has 1 aromatic heterocycles. The molecule has 1 N–H and O–H groups in total. The van der Waals surface area contributed by atoms with Crippen LogP contribution in [0, 0.1) is 12.3 Å². The van der Waals surface area contributed by atoms with Gasteiger partial charge in [-0.2, -0.15) is 15.1 Å². The molecule has 5 rings (SSSR count). The molecule has 2 aliphatic heterocycles. The van der Waals surface area contributed by atoms with Crippen LogP contribution in [0.25, 0.3) is 6.08 Å². The minimum Gasteiger partial charge on any atom is -0.490 e. The fourth-order valence-corrected chi connectivity index (χ4v) is 4.95. The number of fused-ring (bicyclic) bond motifs is 1. The fourth-order valence-electron chi connectivity index (χ4n) is 3.80. The monoisotopic (exact) mass is 531 g/mol. The first-order valence-electron chi connectivity index (χ1n) is 11.5. The van der Waals surface area contributed by atoms with Crippen LogP contribution in [-0.4, -0.2) is 38.6 Å². The van der Waals surface area contributed by atoms with Crippen LogP contribution in [0.3, 0.4) is 0 Å². The van der Waals surface area contributed by atoms with E-state index in [1.165, 1.54) is 16.8 Å². The van der Waals surface area contributed by atoms with Gasteiger partial charge < -0.3 is 9.47 Å². The van der Waals surface area contributed by atoms with Gasteiger partial charge in [-0.1, -0.05) is 41.4 Å². The van der Waals surface area contributed by atoms with E-state index in [0.29, 0.717) is 45.5 Å². The van der Waals surface area contributed by atoms with Crippen molar-refractivity contribution in [3.05, 3.63) is 93.8 Å². The number of thioether (sulfide) groups is 1. The average Bonchev–Trinajstić information content (AvgIpc) is 3.31. The Balaban J connectivity index is 1.43. The number of pyridine rings is 1. The summed E-state index contributed by atoms with van der Waals surface area (Å²) in [7, 11) is 0. The first kappa shape index (κ1) is 24.7. The van der Waals surface area contributed by atoms with Crippen molar-refractivity contribution in [1.82, 2.24) is 9.99 Å². The molecule has 3 heterocycles. The highest BCUT2D eigenvalue weighted by atomic mass is 35.5. The summed E-state index contributed by atoms with van der Waals surface area (Å²) in [6, 6.07) is 15.1. The third-order valence-corrected chi connectivity index (χ3v) is 6.71. The van der Waals surface area contributed by atoms with E-state index in [2.05, 4.69) is 15.1 Å². The number of hydrogen-bond donors (Lipinski definition) is 1. The second kappa shape index (κ2) is 10.6. The number of ether oxygens (including phenoxy) is 2. The van der Waals surface area contributed by atoms with Gasteiger partial charge >= 0.3 is 0 Å². The number of hydrogen-bond acceptors (Lipinski definition) is 7. The second-order valence-corrected chi connectivity index (χ2v) is 9.57. The highest BCUT2D eigenvalue weighted by molar-refractivity contribution is 8.27. The number of benzene rings is 2. The first-order valence-corrected chi connectivity index (χ1v) is 12.7. The number of nitrogens with one attached hydrogen (secondary N) is 1. The van der Waals surface area contributed by atoms with Crippen molar-refractivity contribution >= 4 is 51.4 Å². The van der Waals surface area contributed by atoms with Crippen LogP contribution < -0.4 is 9.47 Å². The number of hydrazone groups is 1. The Hall–Kier alpha value is -3.95. The van der Waals surface area contributed by atoms with Crippen LogP contribution in [0.1, 0.15) is 29.2 Å². The highest BCUT2D eigenvalue weighted by Gasteiger charge is 2.36. The molecular formula is C27H22ClN5O3S. The van der Waals surface area contributed by atoms with Gasteiger partial charge in [0.25, 0.3) is 5.91 Å². The topological polar surface area (TPSA) is 100 Å². The third-order valence-electron chi connectivity index (χ3n) is 5.47. The Morgan fingerprint density at radius 1 is 1.16 bits per heavy atom. The maximum atomic E-state index is 12.9. The van der Waals surface area contributed by atoms with Crippen LogP contribution >= 0.6 is 23.4 Å². The molecule has 0 radical (unpaired) electrons. The van der Waals surface area contributed by atoms with Crippen LogP contribution in [0.2, 0.25) is 5.02 Å². The Bertz CT molecular complexity index is 1490. The van der Waals surface area contributed by atoms with Gasteiger partial charge in [0.05, 0.1) is 17.2 Å². The van der Waals surface area contributed by atoms with E-state index < -0.39 is 5.91 Å². The molecule has 0 saturated heterocycles. The van der Waals surface area contributed by atoms with Crippen molar-refractivity contribution in [1.29, 1.82) is 5.41 Å². The number of nitrogens with zero attached hydrogens (tertiary/aromatic N) is 4. The van der Waals surface area contributed by atoms with Gasteiger partial charge in [0.1, 0.15) is 11.7 Å². The number of amidine groups is 2. The smallest absolute Gasteiger partial charge is 0.283 e. The minimum absolute atomic E-state index is 0.0738. The summed E-state index contributed by atoms with van der Waals surface area (Å²) in [4.78, 5) is 21.1. The van der Waals surface area contributed by atoms with E-state index >= 15 is 0 Å². The van der Waals surface area contributed by atoms with E-state index in [1.54, 1.807) is 36.7 Å². The molecule has 0 spiro atoms. The number of carbonyl (C=O) groups is 1. The first-order chi connectivity index (χ1) is 17.9. The Morgan fingerprint density at radius 2 is 2.03 bits per heavy atom. The van der Waals surface area contributed by atoms with E-state index in [4.69, 9.17) is 26.5 Å². The zero-order valence-electron chi connectivity index (χ0n) is 20.1. The lowest BCUT2D eigenvalue weighted by molar-refractivity contribution is -0.114. The second-order valence-electron chi connectivity index (χ2n) is 8.21. The lowest BCUT2D eigenvalue weighted by atomic mass is 10.1. The lowest BCUT2D eigenvalue weighted by Crippen LogP contribution is -2.35.